The molecule has 0 saturated heterocycles. The quantitative estimate of drug-likeness (QED) is 0.465. The van der Waals surface area contributed by atoms with Gasteiger partial charge >= 0.3 is 0 Å². The van der Waals surface area contributed by atoms with Crippen LogP contribution in [0.25, 0.3) is 0 Å². The Hall–Kier alpha value is -2.93. The fourth-order valence-electron chi connectivity index (χ4n) is 3.11. The zero-order chi connectivity index (χ0) is 25.0. The number of aliphatic hydroxyl groups excluding tert-OH is 2. The van der Waals surface area contributed by atoms with Crippen LogP contribution in [-0.4, -0.2) is 69.4 Å². The zero-order valence-corrected chi connectivity index (χ0v) is 19.5. The second kappa shape index (κ2) is 10.3. The molecule has 0 aliphatic heterocycles. The van der Waals surface area contributed by atoms with Crippen molar-refractivity contribution in [3.05, 3.63) is 53.6 Å². The van der Waals surface area contributed by atoms with Gasteiger partial charge in [0.05, 0.1) is 40.2 Å². The van der Waals surface area contributed by atoms with Crippen LogP contribution in [0.2, 0.25) is 0 Å². The van der Waals surface area contributed by atoms with Crippen LogP contribution in [-0.2, 0) is 29.3 Å². The van der Waals surface area contributed by atoms with Crippen molar-refractivity contribution in [1.29, 1.82) is 0 Å². The molecule has 0 heterocycles. The predicted octanol–water partition coefficient (Wildman–Crippen LogP) is 0.349. The molecule has 2 amide bonds. The van der Waals surface area contributed by atoms with Crippen LogP contribution >= 0.6 is 0 Å². The minimum absolute atomic E-state index is 0.0496. The Morgan fingerprint density at radius 2 is 1.24 bits per heavy atom. The van der Waals surface area contributed by atoms with Crippen LogP contribution in [0.4, 0.5) is 5.69 Å². The molecule has 0 fully saturated rings. The van der Waals surface area contributed by atoms with Gasteiger partial charge in [0.2, 0.25) is 11.8 Å². The minimum Gasteiger partial charge on any atom is -0.395 e. The number of sulfone groups is 2. The molecule has 2 aromatic rings. The molecule has 33 heavy (non-hydrogen) atoms. The normalized spacial score (nSPS) is 11.8. The third-order valence-corrected chi connectivity index (χ3v) is 8.07. The molecule has 0 spiro atoms. The van der Waals surface area contributed by atoms with Gasteiger partial charge in [-0.05, 0) is 42.5 Å². The van der Waals surface area contributed by atoms with Crippen molar-refractivity contribution in [2.45, 2.75) is 23.6 Å². The van der Waals surface area contributed by atoms with E-state index < -0.39 is 66.9 Å². The molecule has 0 aromatic heterocycles. The topological polar surface area (TPSA) is 163 Å². The molecule has 0 saturated carbocycles. The van der Waals surface area contributed by atoms with Crippen LogP contribution in [0.3, 0.4) is 0 Å². The number of benzene rings is 2. The lowest BCUT2D eigenvalue weighted by Gasteiger charge is -2.21. The Bertz CT molecular complexity index is 1270. The molecule has 2 N–H and O–H groups in total. The van der Waals surface area contributed by atoms with Crippen molar-refractivity contribution < 1.29 is 41.4 Å². The maximum absolute atomic E-state index is 13.0. The summed E-state index contributed by atoms with van der Waals surface area (Å²) in [7, 11) is -7.79. The number of amides is 2. The van der Waals surface area contributed by atoms with E-state index in [1.807, 2.05) is 0 Å². The van der Waals surface area contributed by atoms with Crippen molar-refractivity contribution in [2.24, 2.45) is 0 Å². The average molecular weight is 498 g/mol. The molecule has 2 aromatic carbocycles. The van der Waals surface area contributed by atoms with E-state index in [1.54, 1.807) is 0 Å². The number of hydrogen-bond donors (Lipinski definition) is 2. The van der Waals surface area contributed by atoms with Gasteiger partial charge in [0.15, 0.2) is 25.5 Å². The summed E-state index contributed by atoms with van der Waals surface area (Å²) in [5.74, 6) is -3.28. The van der Waals surface area contributed by atoms with E-state index in [1.165, 1.54) is 30.3 Å². The third kappa shape index (κ3) is 5.90. The third-order valence-electron chi connectivity index (χ3n) is 4.62. The van der Waals surface area contributed by atoms with Gasteiger partial charge in [0.25, 0.3) is 0 Å². The summed E-state index contributed by atoms with van der Waals surface area (Å²) in [6.45, 7) is 0.877. The highest BCUT2D eigenvalue weighted by Gasteiger charge is 2.28. The summed E-state index contributed by atoms with van der Waals surface area (Å²) >= 11 is 0. The summed E-state index contributed by atoms with van der Waals surface area (Å²) in [5.41, 5.74) is -0.296. The zero-order valence-electron chi connectivity index (χ0n) is 17.9. The standard InChI is InChI=1S/C21H23NO9S2/c1-14(25)22(15(2)26)19-13-17(5-8-20(19)33(30,31)12-10-24)21(27)16-3-6-18(7-4-16)32(28,29)11-9-23/h3-8,13,23-24H,9-12H2,1-2H3. The Morgan fingerprint density at radius 3 is 1.73 bits per heavy atom. The van der Waals surface area contributed by atoms with E-state index in [-0.39, 0.29) is 21.7 Å². The van der Waals surface area contributed by atoms with Crippen molar-refractivity contribution in [1.82, 2.24) is 0 Å². The molecule has 0 aliphatic carbocycles. The van der Waals surface area contributed by atoms with Crippen LogP contribution < -0.4 is 4.90 Å². The van der Waals surface area contributed by atoms with Crippen LogP contribution in [0.5, 0.6) is 0 Å². The van der Waals surface area contributed by atoms with Gasteiger partial charge in [-0.25, -0.2) is 21.7 Å². The van der Waals surface area contributed by atoms with Crippen LogP contribution in [0, 0.1) is 0 Å². The lowest BCUT2D eigenvalue weighted by atomic mass is 10.0. The van der Waals surface area contributed by atoms with Gasteiger partial charge in [-0.3, -0.25) is 14.4 Å². The predicted molar refractivity (Wildman–Crippen MR) is 118 cm³/mol. The first-order chi connectivity index (χ1) is 15.4. The molecule has 2 rings (SSSR count). The first kappa shape index (κ1) is 26.3. The van der Waals surface area contributed by atoms with E-state index in [2.05, 4.69) is 0 Å². The van der Waals surface area contributed by atoms with E-state index in [4.69, 9.17) is 10.2 Å². The highest BCUT2D eigenvalue weighted by atomic mass is 32.2. The van der Waals surface area contributed by atoms with Crippen LogP contribution in [0.15, 0.2) is 52.3 Å². The molecular weight excluding hydrogens is 474 g/mol. The van der Waals surface area contributed by atoms with E-state index >= 15 is 0 Å². The van der Waals surface area contributed by atoms with Gasteiger partial charge in [-0.2, -0.15) is 0 Å². The number of anilines is 1. The highest BCUT2D eigenvalue weighted by Crippen LogP contribution is 2.29. The fraction of sp³-hybridized carbons (Fsp3) is 0.286. The average Bonchev–Trinajstić information content (AvgIpc) is 2.72. The van der Waals surface area contributed by atoms with Crippen molar-refractivity contribution in [3.8, 4) is 0 Å². The maximum atomic E-state index is 13.0. The Labute approximate surface area is 191 Å². The number of hydrogen-bond acceptors (Lipinski definition) is 9. The maximum Gasteiger partial charge on any atom is 0.230 e. The highest BCUT2D eigenvalue weighted by molar-refractivity contribution is 7.91. The molecule has 0 atom stereocenters. The van der Waals surface area contributed by atoms with Gasteiger partial charge < -0.3 is 10.2 Å². The number of carbonyl (C=O) groups excluding carboxylic acids is 3. The van der Waals surface area contributed by atoms with Gasteiger partial charge in [-0.15, -0.1) is 0 Å². The number of imide groups is 1. The van der Waals surface area contributed by atoms with Crippen molar-refractivity contribution >= 4 is 43.0 Å². The fourth-order valence-corrected chi connectivity index (χ4v) is 5.34. The number of carbonyl (C=O) groups is 3. The molecule has 10 nitrogen and oxygen atoms in total. The van der Waals surface area contributed by atoms with E-state index in [0.717, 1.165) is 26.0 Å². The number of rotatable bonds is 9. The first-order valence-electron chi connectivity index (χ1n) is 9.63. The molecule has 178 valence electrons. The van der Waals surface area contributed by atoms with E-state index in [0.29, 0.717) is 4.90 Å². The smallest absolute Gasteiger partial charge is 0.230 e. The Kier molecular flexibility index (Phi) is 8.25. The summed E-state index contributed by atoms with van der Waals surface area (Å²) in [6.07, 6.45) is 0. The molecule has 12 heteroatoms. The molecule has 0 bridgehead atoms. The van der Waals surface area contributed by atoms with Gasteiger partial charge in [0, 0.05) is 25.0 Å². The molecule has 0 aliphatic rings. The lowest BCUT2D eigenvalue weighted by molar-refractivity contribution is -0.124. The first-order valence-corrected chi connectivity index (χ1v) is 12.9. The molecular formula is C21H23NO9S2. The molecule has 0 unspecified atom stereocenters. The van der Waals surface area contributed by atoms with Crippen molar-refractivity contribution in [3.63, 3.8) is 0 Å². The minimum atomic E-state index is -4.08. The second-order valence-corrected chi connectivity index (χ2v) is 11.2. The Morgan fingerprint density at radius 1 is 0.758 bits per heavy atom. The lowest BCUT2D eigenvalue weighted by Crippen LogP contribution is -2.34. The Balaban J connectivity index is 2.60. The van der Waals surface area contributed by atoms with Gasteiger partial charge in [-0.1, -0.05) is 0 Å². The summed E-state index contributed by atoms with van der Waals surface area (Å²) in [4.78, 5) is 37.2. The largest absolute Gasteiger partial charge is 0.395 e. The molecule has 0 radical (unpaired) electrons. The SMILES string of the molecule is CC(=O)N(C(C)=O)c1cc(C(=O)c2ccc(S(=O)(=O)CCO)cc2)ccc1S(=O)(=O)CCO. The summed E-state index contributed by atoms with van der Waals surface area (Å²) in [5, 5.41) is 18.0. The number of nitrogens with zero attached hydrogens (tertiary/aromatic N) is 1. The van der Waals surface area contributed by atoms with Crippen molar-refractivity contribution in [2.75, 3.05) is 29.6 Å². The summed E-state index contributed by atoms with van der Waals surface area (Å²) in [6, 6.07) is 8.30. The monoisotopic (exact) mass is 497 g/mol. The summed E-state index contributed by atoms with van der Waals surface area (Å²) < 4.78 is 49.2. The van der Waals surface area contributed by atoms with Gasteiger partial charge in [0.1, 0.15) is 0 Å². The van der Waals surface area contributed by atoms with E-state index in [9.17, 15) is 31.2 Å². The second-order valence-electron chi connectivity index (χ2n) is 6.99. The number of aliphatic hydroxyl groups is 2. The van der Waals surface area contributed by atoms with Crippen LogP contribution in [0.1, 0.15) is 29.8 Å². The number of ketones is 1.